The van der Waals surface area contributed by atoms with Gasteiger partial charge in [-0.25, -0.2) is 0 Å². The Balaban J connectivity index is 1.54. The molecule has 1 aromatic heterocycles. The molecule has 1 fully saturated rings. The number of carbonyl (C=O) groups excluding carboxylic acids is 1. The number of nitrogens with zero attached hydrogens (tertiary/aromatic N) is 4. The summed E-state index contributed by atoms with van der Waals surface area (Å²) in [6, 6.07) is 17.5. The van der Waals surface area contributed by atoms with Crippen LogP contribution in [0.15, 0.2) is 60.8 Å². The number of fused-ring (bicyclic) bond motifs is 1. The number of aldehydes is 1. The lowest BCUT2D eigenvalue weighted by molar-refractivity contribution is -0.110. The number of benzene rings is 2. The summed E-state index contributed by atoms with van der Waals surface area (Å²) >= 11 is 0. The number of hydrogen-bond donors (Lipinski definition) is 1. The molecule has 0 saturated carbocycles. The van der Waals surface area contributed by atoms with Gasteiger partial charge in [0.25, 0.3) is 0 Å². The number of hydrogen-bond acceptors (Lipinski definition) is 6. The summed E-state index contributed by atoms with van der Waals surface area (Å²) in [7, 11) is 0. The van der Waals surface area contributed by atoms with Crippen molar-refractivity contribution >= 4 is 22.9 Å². The average Bonchev–Trinajstić information content (AvgIpc) is 2.75. The van der Waals surface area contributed by atoms with E-state index in [2.05, 4.69) is 26.1 Å². The molecule has 0 radical (unpaired) electrons. The molecule has 0 aliphatic carbocycles. The Morgan fingerprint density at radius 1 is 0.963 bits per heavy atom. The van der Waals surface area contributed by atoms with E-state index < -0.39 is 6.04 Å². The van der Waals surface area contributed by atoms with Gasteiger partial charge >= 0.3 is 0 Å². The zero-order valence-electron chi connectivity index (χ0n) is 15.1. The molecule has 6 heteroatoms. The molecule has 3 aromatic rings. The van der Waals surface area contributed by atoms with Crippen LogP contribution in [0.1, 0.15) is 11.6 Å². The summed E-state index contributed by atoms with van der Waals surface area (Å²) in [5.74, 6) is 0. The summed E-state index contributed by atoms with van der Waals surface area (Å²) in [6.45, 7) is 3.37. The maximum absolute atomic E-state index is 11.4. The number of nitrogens with two attached hydrogens (primary N) is 1. The Bertz CT molecular complexity index is 903. The molecular formula is C21H23N5O. The Morgan fingerprint density at radius 2 is 1.67 bits per heavy atom. The van der Waals surface area contributed by atoms with E-state index in [0.717, 1.165) is 54.6 Å². The van der Waals surface area contributed by atoms with Crippen LogP contribution in [-0.4, -0.2) is 53.6 Å². The molecule has 2 N–H and O–H groups in total. The topological polar surface area (TPSA) is 75.4 Å². The fourth-order valence-electron chi connectivity index (χ4n) is 3.89. The monoisotopic (exact) mass is 361 g/mol. The minimum Gasteiger partial charge on any atom is -0.367 e. The molecular weight excluding hydrogens is 338 g/mol. The summed E-state index contributed by atoms with van der Waals surface area (Å²) in [4.78, 5) is 16.1. The van der Waals surface area contributed by atoms with Gasteiger partial charge in [0.2, 0.25) is 0 Å². The molecule has 0 spiro atoms. The molecule has 0 bridgehead atoms. The molecule has 27 heavy (non-hydrogen) atoms. The first-order valence-electron chi connectivity index (χ1n) is 9.23. The van der Waals surface area contributed by atoms with Crippen LogP contribution in [0.4, 0.5) is 5.69 Å². The molecule has 0 amide bonds. The number of rotatable bonds is 5. The highest BCUT2D eigenvalue weighted by Gasteiger charge is 2.29. The summed E-state index contributed by atoms with van der Waals surface area (Å²) in [5, 5.41) is 9.49. The fourth-order valence-corrected chi connectivity index (χ4v) is 3.89. The van der Waals surface area contributed by atoms with Gasteiger partial charge in [0.15, 0.2) is 0 Å². The van der Waals surface area contributed by atoms with Gasteiger partial charge in [0.05, 0.1) is 29.5 Å². The van der Waals surface area contributed by atoms with E-state index in [4.69, 9.17) is 5.73 Å². The summed E-state index contributed by atoms with van der Waals surface area (Å²) < 4.78 is 0. The first-order valence-corrected chi connectivity index (χ1v) is 9.23. The van der Waals surface area contributed by atoms with Gasteiger partial charge in [-0.2, -0.15) is 10.2 Å². The number of aromatic nitrogens is 2. The van der Waals surface area contributed by atoms with Crippen molar-refractivity contribution < 1.29 is 4.79 Å². The van der Waals surface area contributed by atoms with E-state index >= 15 is 0 Å². The molecule has 6 nitrogen and oxygen atoms in total. The lowest BCUT2D eigenvalue weighted by atomic mass is 9.98. The third kappa shape index (κ3) is 3.54. The Hall–Kier alpha value is -2.83. The average molecular weight is 361 g/mol. The second-order valence-electron chi connectivity index (χ2n) is 6.84. The smallest absolute Gasteiger partial charge is 0.138 e. The lowest BCUT2D eigenvalue weighted by Gasteiger charge is -2.41. The van der Waals surface area contributed by atoms with Crippen LogP contribution in [0.25, 0.3) is 10.9 Å². The predicted octanol–water partition coefficient (Wildman–Crippen LogP) is 2.02. The van der Waals surface area contributed by atoms with Crippen LogP contribution >= 0.6 is 0 Å². The minimum atomic E-state index is -0.539. The zero-order valence-corrected chi connectivity index (χ0v) is 15.1. The third-order valence-electron chi connectivity index (χ3n) is 5.24. The van der Waals surface area contributed by atoms with Gasteiger partial charge < -0.3 is 15.4 Å². The van der Waals surface area contributed by atoms with Crippen molar-refractivity contribution in [3.63, 3.8) is 0 Å². The van der Waals surface area contributed by atoms with E-state index in [1.807, 2.05) is 54.7 Å². The summed E-state index contributed by atoms with van der Waals surface area (Å²) in [6.07, 6.45) is 2.69. The normalized spacial score (nSPS) is 17.6. The van der Waals surface area contributed by atoms with E-state index in [0.29, 0.717) is 0 Å². The predicted molar refractivity (Wildman–Crippen MR) is 107 cm³/mol. The molecule has 2 aromatic carbocycles. The van der Waals surface area contributed by atoms with Crippen molar-refractivity contribution in [2.75, 3.05) is 31.1 Å². The highest BCUT2D eigenvalue weighted by Crippen LogP contribution is 2.28. The van der Waals surface area contributed by atoms with Gasteiger partial charge in [-0.05, 0) is 11.6 Å². The Morgan fingerprint density at radius 3 is 2.41 bits per heavy atom. The van der Waals surface area contributed by atoms with E-state index in [1.54, 1.807) is 0 Å². The standard InChI is InChI=1S/C21H23N5O/c22-18(15-27)21(16-6-2-1-3-7-16)26-12-10-25(11-13-26)20-14-23-24-19-9-5-4-8-17(19)20/h1-9,14-15,18,21H,10-13,22H2/t18-,21?/m0/s1. The van der Waals surface area contributed by atoms with Crippen LogP contribution in [0.3, 0.4) is 0 Å². The minimum absolute atomic E-state index is 0.0989. The van der Waals surface area contributed by atoms with Gasteiger partial charge in [0.1, 0.15) is 6.29 Å². The zero-order chi connectivity index (χ0) is 18.6. The van der Waals surface area contributed by atoms with Crippen molar-refractivity contribution in [3.8, 4) is 0 Å². The van der Waals surface area contributed by atoms with Crippen molar-refractivity contribution in [2.24, 2.45) is 5.73 Å². The first kappa shape index (κ1) is 17.6. The fraction of sp³-hybridized carbons (Fsp3) is 0.286. The van der Waals surface area contributed by atoms with Gasteiger partial charge in [-0.3, -0.25) is 4.90 Å². The molecule has 1 aliphatic rings. The number of anilines is 1. The van der Waals surface area contributed by atoms with E-state index in [1.165, 1.54) is 0 Å². The highest BCUT2D eigenvalue weighted by molar-refractivity contribution is 5.90. The number of piperazine rings is 1. The van der Waals surface area contributed by atoms with Crippen molar-refractivity contribution in [3.05, 3.63) is 66.4 Å². The van der Waals surface area contributed by atoms with Crippen LogP contribution in [0.2, 0.25) is 0 Å². The quantitative estimate of drug-likeness (QED) is 0.701. The molecule has 138 valence electrons. The molecule has 4 rings (SSSR count). The second-order valence-corrected chi connectivity index (χ2v) is 6.84. The highest BCUT2D eigenvalue weighted by atomic mass is 16.1. The third-order valence-corrected chi connectivity index (χ3v) is 5.24. The summed E-state index contributed by atoms with van der Waals surface area (Å²) in [5.41, 5.74) is 9.26. The molecule has 1 saturated heterocycles. The lowest BCUT2D eigenvalue weighted by Crippen LogP contribution is -2.52. The molecule has 2 heterocycles. The van der Waals surface area contributed by atoms with Gasteiger partial charge in [-0.15, -0.1) is 0 Å². The Labute approximate surface area is 158 Å². The SMILES string of the molecule is N[C@@H](C=O)C(c1ccccc1)N1CCN(c2cnnc3ccccc23)CC1. The van der Waals surface area contributed by atoms with E-state index in [-0.39, 0.29) is 6.04 Å². The maximum atomic E-state index is 11.4. The Kier molecular flexibility index (Phi) is 5.09. The molecule has 1 unspecified atom stereocenters. The largest absolute Gasteiger partial charge is 0.367 e. The molecule has 2 atom stereocenters. The second kappa shape index (κ2) is 7.82. The van der Waals surface area contributed by atoms with Crippen molar-refractivity contribution in [1.82, 2.24) is 15.1 Å². The number of carbonyl (C=O) groups is 1. The maximum Gasteiger partial charge on any atom is 0.138 e. The van der Waals surface area contributed by atoms with E-state index in [9.17, 15) is 4.79 Å². The van der Waals surface area contributed by atoms with Gasteiger partial charge in [-0.1, -0.05) is 48.5 Å². The van der Waals surface area contributed by atoms with Crippen LogP contribution in [0.5, 0.6) is 0 Å². The van der Waals surface area contributed by atoms with Crippen molar-refractivity contribution in [2.45, 2.75) is 12.1 Å². The van der Waals surface area contributed by atoms with Crippen molar-refractivity contribution in [1.29, 1.82) is 0 Å². The molecule has 1 aliphatic heterocycles. The van der Waals surface area contributed by atoms with Crippen LogP contribution in [-0.2, 0) is 4.79 Å². The van der Waals surface area contributed by atoms with Crippen LogP contribution in [0, 0.1) is 0 Å². The first-order chi connectivity index (χ1) is 13.3. The van der Waals surface area contributed by atoms with Crippen LogP contribution < -0.4 is 10.6 Å². The van der Waals surface area contributed by atoms with Gasteiger partial charge in [0, 0.05) is 31.6 Å².